The summed E-state index contributed by atoms with van der Waals surface area (Å²) in [6.45, 7) is 7.11. The van der Waals surface area contributed by atoms with Crippen LogP contribution < -0.4 is 0 Å². The number of hydrogen-bond acceptors (Lipinski definition) is 3. The number of hydrogen-bond donors (Lipinski definition) is 0. The minimum atomic E-state index is -0.560. The molecule has 0 aliphatic carbocycles. The summed E-state index contributed by atoms with van der Waals surface area (Å²) in [7, 11) is 0. The summed E-state index contributed by atoms with van der Waals surface area (Å²) < 4.78 is 6.36. The van der Waals surface area contributed by atoms with E-state index >= 15 is 0 Å². The Morgan fingerprint density at radius 1 is 1.47 bits per heavy atom. The monoisotopic (exact) mass is 209 g/mol. The standard InChI is InChI=1S/C11H15NO3/c1-8-5-6-12(9(8)7-13)10(14)15-11(2,3)4/h5-7H,1-4H3. The molecule has 15 heavy (non-hydrogen) atoms. The Balaban J connectivity index is 2.97. The average molecular weight is 209 g/mol. The van der Waals surface area contributed by atoms with Crippen LogP contribution in [0.3, 0.4) is 0 Å². The zero-order valence-corrected chi connectivity index (χ0v) is 9.40. The lowest BCUT2D eigenvalue weighted by molar-refractivity contribution is 0.0531. The maximum Gasteiger partial charge on any atom is 0.419 e. The fraction of sp³-hybridized carbons (Fsp3) is 0.455. The first kappa shape index (κ1) is 11.5. The molecule has 82 valence electrons. The topological polar surface area (TPSA) is 48.3 Å². The molecule has 1 aromatic rings. The Hall–Kier alpha value is -1.58. The molecule has 0 aromatic carbocycles. The smallest absolute Gasteiger partial charge is 0.419 e. The van der Waals surface area contributed by atoms with Crippen LogP contribution in [0, 0.1) is 6.92 Å². The second-order valence-corrected chi connectivity index (χ2v) is 4.35. The fourth-order valence-electron chi connectivity index (χ4n) is 1.16. The first-order chi connectivity index (χ1) is 6.85. The minimum Gasteiger partial charge on any atom is -0.443 e. The predicted octanol–water partition coefficient (Wildman–Crippen LogP) is 2.39. The number of carbonyl (C=O) groups is 2. The van der Waals surface area contributed by atoms with Crippen LogP contribution in [0.5, 0.6) is 0 Å². The number of aryl methyl sites for hydroxylation is 1. The molecule has 4 heteroatoms. The highest BCUT2D eigenvalue weighted by Crippen LogP contribution is 2.12. The molecule has 0 spiro atoms. The van der Waals surface area contributed by atoms with Crippen molar-refractivity contribution in [3.05, 3.63) is 23.5 Å². The number of carbonyl (C=O) groups excluding carboxylic acids is 2. The molecule has 0 atom stereocenters. The summed E-state index contributed by atoms with van der Waals surface area (Å²) in [6, 6.07) is 1.70. The third-order valence-corrected chi connectivity index (χ3v) is 1.84. The molecular formula is C11H15NO3. The number of nitrogens with zero attached hydrogens (tertiary/aromatic N) is 1. The molecule has 0 saturated heterocycles. The largest absolute Gasteiger partial charge is 0.443 e. The van der Waals surface area contributed by atoms with Crippen LogP contribution in [0.4, 0.5) is 4.79 Å². The van der Waals surface area contributed by atoms with Crippen LogP contribution in [-0.4, -0.2) is 22.5 Å². The van der Waals surface area contributed by atoms with Crippen molar-refractivity contribution in [3.8, 4) is 0 Å². The molecule has 0 saturated carbocycles. The Kier molecular flexibility index (Phi) is 2.98. The van der Waals surface area contributed by atoms with Crippen LogP contribution in [0.2, 0.25) is 0 Å². The van der Waals surface area contributed by atoms with Crippen molar-refractivity contribution in [2.45, 2.75) is 33.3 Å². The van der Waals surface area contributed by atoms with Gasteiger partial charge in [-0.05, 0) is 39.3 Å². The summed E-state index contributed by atoms with van der Waals surface area (Å²) >= 11 is 0. The molecule has 1 aromatic heterocycles. The van der Waals surface area contributed by atoms with Crippen molar-refractivity contribution in [1.82, 2.24) is 4.57 Å². The van der Waals surface area contributed by atoms with Gasteiger partial charge in [0.15, 0.2) is 6.29 Å². The molecule has 1 heterocycles. The van der Waals surface area contributed by atoms with E-state index in [0.29, 0.717) is 12.0 Å². The van der Waals surface area contributed by atoms with Gasteiger partial charge in [0.1, 0.15) is 5.60 Å². The number of rotatable bonds is 1. The molecule has 0 radical (unpaired) electrons. The quantitative estimate of drug-likeness (QED) is 0.667. The number of aldehydes is 1. The third kappa shape index (κ3) is 2.68. The maximum atomic E-state index is 11.6. The van der Waals surface area contributed by atoms with Crippen LogP contribution >= 0.6 is 0 Å². The van der Waals surface area contributed by atoms with Crippen LogP contribution in [0.1, 0.15) is 36.8 Å². The van der Waals surface area contributed by atoms with Crippen molar-refractivity contribution in [1.29, 1.82) is 0 Å². The SMILES string of the molecule is Cc1ccn(C(=O)OC(C)(C)C)c1C=O. The summed E-state index contributed by atoms with van der Waals surface area (Å²) in [5.74, 6) is 0. The van der Waals surface area contributed by atoms with E-state index in [-0.39, 0.29) is 0 Å². The van der Waals surface area contributed by atoms with Crippen molar-refractivity contribution in [2.75, 3.05) is 0 Å². The van der Waals surface area contributed by atoms with Crippen molar-refractivity contribution in [3.63, 3.8) is 0 Å². The van der Waals surface area contributed by atoms with Crippen molar-refractivity contribution >= 4 is 12.4 Å². The van der Waals surface area contributed by atoms with Crippen LogP contribution in [0.25, 0.3) is 0 Å². The third-order valence-electron chi connectivity index (χ3n) is 1.84. The van der Waals surface area contributed by atoms with Gasteiger partial charge in [-0.15, -0.1) is 0 Å². The molecule has 0 fully saturated rings. The lowest BCUT2D eigenvalue weighted by Gasteiger charge is -2.19. The Labute approximate surface area is 88.8 Å². The van der Waals surface area contributed by atoms with E-state index in [1.165, 1.54) is 10.8 Å². The van der Waals surface area contributed by atoms with E-state index in [1.54, 1.807) is 33.8 Å². The molecule has 0 aliphatic heterocycles. The predicted molar refractivity (Wildman–Crippen MR) is 56.2 cm³/mol. The second kappa shape index (κ2) is 3.88. The molecular weight excluding hydrogens is 194 g/mol. The molecule has 4 nitrogen and oxygen atoms in total. The van der Waals surface area contributed by atoms with Gasteiger partial charge in [-0.3, -0.25) is 4.79 Å². The highest BCUT2D eigenvalue weighted by molar-refractivity contribution is 5.83. The summed E-state index contributed by atoms with van der Waals surface area (Å²) in [6.07, 6.45) is 1.66. The second-order valence-electron chi connectivity index (χ2n) is 4.35. The molecule has 0 unspecified atom stereocenters. The lowest BCUT2D eigenvalue weighted by atomic mass is 10.2. The number of ether oxygens (including phenoxy) is 1. The van der Waals surface area contributed by atoms with Gasteiger partial charge < -0.3 is 4.74 Å². The summed E-state index contributed by atoms with van der Waals surface area (Å²) in [5.41, 5.74) is 0.537. The van der Waals surface area contributed by atoms with E-state index in [0.717, 1.165) is 5.56 Å². The lowest BCUT2D eigenvalue weighted by Crippen LogP contribution is -2.27. The van der Waals surface area contributed by atoms with Gasteiger partial charge in [-0.1, -0.05) is 0 Å². The van der Waals surface area contributed by atoms with Gasteiger partial charge >= 0.3 is 6.09 Å². The summed E-state index contributed by atoms with van der Waals surface area (Å²) in [4.78, 5) is 22.4. The zero-order valence-electron chi connectivity index (χ0n) is 9.40. The fourth-order valence-corrected chi connectivity index (χ4v) is 1.16. The average Bonchev–Trinajstić information content (AvgIpc) is 2.43. The molecule has 0 aliphatic rings. The Bertz CT molecular complexity index is 385. The molecule has 0 bridgehead atoms. The maximum absolute atomic E-state index is 11.6. The van der Waals surface area contributed by atoms with Gasteiger partial charge in [0.2, 0.25) is 0 Å². The highest BCUT2D eigenvalue weighted by Gasteiger charge is 2.19. The van der Waals surface area contributed by atoms with Gasteiger partial charge in [0.05, 0.1) is 5.69 Å². The van der Waals surface area contributed by atoms with Gasteiger partial charge in [0.25, 0.3) is 0 Å². The Morgan fingerprint density at radius 3 is 2.53 bits per heavy atom. The molecule has 1 rings (SSSR count). The first-order valence-electron chi connectivity index (χ1n) is 4.71. The minimum absolute atomic E-state index is 0.337. The van der Waals surface area contributed by atoms with E-state index in [1.807, 2.05) is 0 Å². The van der Waals surface area contributed by atoms with E-state index in [2.05, 4.69) is 0 Å². The Morgan fingerprint density at radius 2 is 2.07 bits per heavy atom. The van der Waals surface area contributed by atoms with Gasteiger partial charge in [0, 0.05) is 6.20 Å². The first-order valence-corrected chi connectivity index (χ1v) is 4.71. The van der Waals surface area contributed by atoms with Crippen LogP contribution in [-0.2, 0) is 4.74 Å². The van der Waals surface area contributed by atoms with Crippen LogP contribution in [0.15, 0.2) is 12.3 Å². The normalized spacial score (nSPS) is 11.2. The van der Waals surface area contributed by atoms with E-state index in [9.17, 15) is 9.59 Å². The molecule has 0 amide bonds. The molecule has 0 N–H and O–H groups in total. The van der Waals surface area contributed by atoms with E-state index in [4.69, 9.17) is 4.74 Å². The van der Waals surface area contributed by atoms with Crippen molar-refractivity contribution in [2.24, 2.45) is 0 Å². The van der Waals surface area contributed by atoms with E-state index < -0.39 is 11.7 Å². The highest BCUT2D eigenvalue weighted by atomic mass is 16.6. The number of aromatic nitrogens is 1. The van der Waals surface area contributed by atoms with Gasteiger partial charge in [-0.25, -0.2) is 9.36 Å². The van der Waals surface area contributed by atoms with Crippen molar-refractivity contribution < 1.29 is 14.3 Å². The van der Waals surface area contributed by atoms with Gasteiger partial charge in [-0.2, -0.15) is 0 Å². The zero-order chi connectivity index (χ0) is 11.6. The summed E-state index contributed by atoms with van der Waals surface area (Å²) in [5, 5.41) is 0.